The third kappa shape index (κ3) is 3.76. The standard InChI is InChI=1S/C16H24N4O2/c1-18(2)7-9-21-12-15-16-11-19(5-6-20(16)13-17-15)10-14-4-3-8-22-14/h3-4,8,13H,5-7,9-12H2,1-2H3. The minimum Gasteiger partial charge on any atom is -0.468 e. The van der Waals surface area contributed by atoms with E-state index in [-0.39, 0.29) is 0 Å². The normalized spacial score (nSPS) is 15.4. The van der Waals surface area contributed by atoms with Gasteiger partial charge in [-0.1, -0.05) is 0 Å². The summed E-state index contributed by atoms with van der Waals surface area (Å²) >= 11 is 0. The molecule has 3 rings (SSSR count). The lowest BCUT2D eigenvalue weighted by atomic mass is 10.2. The topological polar surface area (TPSA) is 46.7 Å². The molecule has 0 atom stereocenters. The number of rotatable bonds is 7. The van der Waals surface area contributed by atoms with Crippen LogP contribution in [-0.4, -0.2) is 53.1 Å². The van der Waals surface area contributed by atoms with Crippen LogP contribution in [0.5, 0.6) is 0 Å². The van der Waals surface area contributed by atoms with Crippen molar-refractivity contribution in [1.29, 1.82) is 0 Å². The van der Waals surface area contributed by atoms with Gasteiger partial charge in [0.2, 0.25) is 0 Å². The molecule has 6 heteroatoms. The second-order valence-corrected chi connectivity index (χ2v) is 5.98. The van der Waals surface area contributed by atoms with Crippen LogP contribution in [0.1, 0.15) is 17.1 Å². The van der Waals surface area contributed by atoms with Crippen molar-refractivity contribution in [3.63, 3.8) is 0 Å². The predicted octanol–water partition coefficient (Wildman–Crippen LogP) is 1.57. The summed E-state index contributed by atoms with van der Waals surface area (Å²) < 4.78 is 13.4. The quantitative estimate of drug-likeness (QED) is 0.727. The smallest absolute Gasteiger partial charge is 0.117 e. The highest BCUT2D eigenvalue weighted by Gasteiger charge is 2.20. The highest BCUT2D eigenvalue weighted by atomic mass is 16.5. The fourth-order valence-corrected chi connectivity index (χ4v) is 2.66. The molecular weight excluding hydrogens is 280 g/mol. The van der Waals surface area contributed by atoms with Crippen LogP contribution < -0.4 is 0 Å². The molecule has 0 radical (unpaired) electrons. The van der Waals surface area contributed by atoms with Crippen molar-refractivity contribution >= 4 is 0 Å². The first-order valence-corrected chi connectivity index (χ1v) is 7.72. The molecule has 1 aliphatic heterocycles. The van der Waals surface area contributed by atoms with Gasteiger partial charge in [0.1, 0.15) is 5.76 Å². The number of fused-ring (bicyclic) bond motifs is 1. The average molecular weight is 304 g/mol. The van der Waals surface area contributed by atoms with E-state index in [4.69, 9.17) is 9.15 Å². The van der Waals surface area contributed by atoms with Crippen LogP contribution >= 0.6 is 0 Å². The summed E-state index contributed by atoms with van der Waals surface area (Å²) in [5, 5.41) is 0. The van der Waals surface area contributed by atoms with E-state index in [9.17, 15) is 0 Å². The Morgan fingerprint density at radius 2 is 2.27 bits per heavy atom. The van der Waals surface area contributed by atoms with E-state index >= 15 is 0 Å². The monoisotopic (exact) mass is 304 g/mol. The third-order valence-corrected chi connectivity index (χ3v) is 3.94. The first-order chi connectivity index (χ1) is 10.7. The summed E-state index contributed by atoms with van der Waals surface area (Å²) in [5.74, 6) is 1.01. The van der Waals surface area contributed by atoms with Crippen molar-refractivity contribution in [2.75, 3.05) is 33.8 Å². The van der Waals surface area contributed by atoms with Gasteiger partial charge in [0, 0.05) is 26.2 Å². The lowest BCUT2D eigenvalue weighted by Gasteiger charge is -2.27. The Morgan fingerprint density at radius 1 is 1.36 bits per heavy atom. The molecule has 0 amide bonds. The van der Waals surface area contributed by atoms with Crippen molar-refractivity contribution in [1.82, 2.24) is 19.4 Å². The number of hydrogen-bond donors (Lipinski definition) is 0. The third-order valence-electron chi connectivity index (χ3n) is 3.94. The molecule has 0 aliphatic carbocycles. The van der Waals surface area contributed by atoms with E-state index in [0.717, 1.165) is 50.8 Å². The molecule has 0 unspecified atom stereocenters. The second kappa shape index (κ2) is 7.09. The van der Waals surface area contributed by atoms with Crippen LogP contribution in [-0.2, 0) is 31.0 Å². The van der Waals surface area contributed by atoms with Gasteiger partial charge in [0.15, 0.2) is 0 Å². The molecular formula is C16H24N4O2. The molecule has 0 N–H and O–H groups in total. The Bertz CT molecular complexity index is 577. The largest absolute Gasteiger partial charge is 0.468 e. The van der Waals surface area contributed by atoms with E-state index < -0.39 is 0 Å². The van der Waals surface area contributed by atoms with E-state index in [2.05, 4.69) is 19.4 Å². The zero-order chi connectivity index (χ0) is 15.4. The second-order valence-electron chi connectivity index (χ2n) is 5.98. The summed E-state index contributed by atoms with van der Waals surface area (Å²) in [6.07, 6.45) is 3.66. The highest BCUT2D eigenvalue weighted by Crippen LogP contribution is 2.19. The fourth-order valence-electron chi connectivity index (χ4n) is 2.66. The molecule has 6 nitrogen and oxygen atoms in total. The summed E-state index contributed by atoms with van der Waals surface area (Å²) in [4.78, 5) is 9.03. The maximum atomic E-state index is 5.74. The van der Waals surface area contributed by atoms with Crippen LogP contribution in [0.4, 0.5) is 0 Å². The first kappa shape index (κ1) is 15.3. The van der Waals surface area contributed by atoms with Crippen molar-refractivity contribution in [2.45, 2.75) is 26.2 Å². The molecule has 120 valence electrons. The van der Waals surface area contributed by atoms with Crippen LogP contribution in [0.15, 0.2) is 29.1 Å². The Kier molecular flexibility index (Phi) is 4.92. The number of furan rings is 1. The number of hydrogen-bond acceptors (Lipinski definition) is 5. The minimum absolute atomic E-state index is 0.588. The van der Waals surface area contributed by atoms with Gasteiger partial charge >= 0.3 is 0 Å². The molecule has 22 heavy (non-hydrogen) atoms. The molecule has 0 spiro atoms. The molecule has 0 saturated carbocycles. The molecule has 0 saturated heterocycles. The maximum Gasteiger partial charge on any atom is 0.117 e. The molecule has 2 aromatic rings. The van der Waals surface area contributed by atoms with Crippen LogP contribution in [0.25, 0.3) is 0 Å². The maximum absolute atomic E-state index is 5.74. The summed E-state index contributed by atoms with van der Waals surface area (Å²) in [7, 11) is 4.10. The molecule has 1 aliphatic rings. The molecule has 0 aromatic carbocycles. The fraction of sp³-hybridized carbons (Fsp3) is 0.562. The van der Waals surface area contributed by atoms with Gasteiger partial charge in [-0.3, -0.25) is 4.90 Å². The van der Waals surface area contributed by atoms with Gasteiger partial charge in [-0.2, -0.15) is 0 Å². The Balaban J connectivity index is 1.56. The van der Waals surface area contributed by atoms with E-state index in [0.29, 0.717) is 6.61 Å². The van der Waals surface area contributed by atoms with Gasteiger partial charge in [-0.15, -0.1) is 0 Å². The molecule has 0 bridgehead atoms. The van der Waals surface area contributed by atoms with Crippen LogP contribution in [0.3, 0.4) is 0 Å². The van der Waals surface area contributed by atoms with Gasteiger partial charge in [-0.25, -0.2) is 4.98 Å². The van der Waals surface area contributed by atoms with Crippen molar-refractivity contribution in [2.24, 2.45) is 0 Å². The zero-order valence-electron chi connectivity index (χ0n) is 13.4. The Labute approximate surface area is 131 Å². The van der Waals surface area contributed by atoms with Gasteiger partial charge in [0.25, 0.3) is 0 Å². The summed E-state index contributed by atoms with van der Waals surface area (Å²) in [6.45, 7) is 5.98. The number of likely N-dealkylation sites (N-methyl/N-ethyl adjacent to an activating group) is 1. The molecule has 3 heterocycles. The SMILES string of the molecule is CN(C)CCOCc1ncn2c1CN(Cc1ccco1)CC2. The van der Waals surface area contributed by atoms with E-state index in [1.54, 1.807) is 6.26 Å². The predicted molar refractivity (Wildman–Crippen MR) is 83.3 cm³/mol. The first-order valence-electron chi connectivity index (χ1n) is 7.72. The van der Waals surface area contributed by atoms with E-state index in [1.807, 2.05) is 32.6 Å². The zero-order valence-corrected chi connectivity index (χ0v) is 13.4. The van der Waals surface area contributed by atoms with Crippen molar-refractivity contribution in [3.8, 4) is 0 Å². The van der Waals surface area contributed by atoms with Crippen molar-refractivity contribution in [3.05, 3.63) is 41.9 Å². The minimum atomic E-state index is 0.588. The van der Waals surface area contributed by atoms with Crippen LogP contribution in [0, 0.1) is 0 Å². The molecule has 2 aromatic heterocycles. The average Bonchev–Trinajstić information content (AvgIpc) is 3.13. The summed E-state index contributed by atoms with van der Waals surface area (Å²) in [6, 6.07) is 3.96. The van der Waals surface area contributed by atoms with Crippen molar-refractivity contribution < 1.29 is 9.15 Å². The van der Waals surface area contributed by atoms with E-state index in [1.165, 1.54) is 5.69 Å². The summed E-state index contributed by atoms with van der Waals surface area (Å²) in [5.41, 5.74) is 2.32. The molecule has 0 fully saturated rings. The lowest BCUT2D eigenvalue weighted by Crippen LogP contribution is -2.33. The van der Waals surface area contributed by atoms with Gasteiger partial charge in [-0.05, 0) is 26.2 Å². The Morgan fingerprint density at radius 3 is 3.05 bits per heavy atom. The number of aromatic nitrogens is 2. The number of imidazole rings is 1. The highest BCUT2D eigenvalue weighted by molar-refractivity contribution is 5.14. The van der Waals surface area contributed by atoms with Gasteiger partial charge in [0.05, 0.1) is 43.7 Å². The van der Waals surface area contributed by atoms with Crippen LogP contribution in [0.2, 0.25) is 0 Å². The Hall–Kier alpha value is -1.63. The number of ether oxygens (including phenoxy) is 1. The van der Waals surface area contributed by atoms with Gasteiger partial charge < -0.3 is 18.6 Å². The number of nitrogens with zero attached hydrogens (tertiary/aromatic N) is 4. The lowest BCUT2D eigenvalue weighted by molar-refractivity contribution is 0.101.